The molecule has 1 aliphatic heterocycles. The SMILES string of the molecule is Cc1cccc(Cl)c1NC(=O)N1CC(CC#N)(n2cc(C(N)=O)c(Nc3ccccc3)n2)C1. The molecule has 33 heavy (non-hydrogen) atoms. The predicted octanol–water partition coefficient (Wildman–Crippen LogP) is 3.84. The van der Waals surface area contributed by atoms with E-state index in [1.165, 1.54) is 6.20 Å². The summed E-state index contributed by atoms with van der Waals surface area (Å²) in [6.45, 7) is 2.33. The number of amides is 3. The quantitative estimate of drug-likeness (QED) is 0.511. The van der Waals surface area contributed by atoms with Crippen LogP contribution in [-0.2, 0) is 5.54 Å². The first-order valence-electron chi connectivity index (χ1n) is 10.2. The molecule has 3 aromatic rings. The number of rotatable bonds is 6. The average molecular weight is 464 g/mol. The van der Waals surface area contributed by atoms with Gasteiger partial charge in [0.2, 0.25) is 0 Å². The molecule has 1 aromatic heterocycles. The van der Waals surface area contributed by atoms with Crippen molar-refractivity contribution in [3.8, 4) is 6.07 Å². The van der Waals surface area contributed by atoms with E-state index in [1.807, 2.05) is 49.4 Å². The molecular weight excluding hydrogens is 442 g/mol. The molecule has 1 fully saturated rings. The van der Waals surface area contributed by atoms with Gasteiger partial charge in [-0.3, -0.25) is 9.48 Å². The molecule has 0 aliphatic carbocycles. The number of likely N-dealkylation sites (tertiary alicyclic amines) is 1. The molecule has 1 saturated heterocycles. The monoisotopic (exact) mass is 463 g/mol. The Morgan fingerprint density at radius 2 is 1.94 bits per heavy atom. The fourth-order valence-corrected chi connectivity index (χ4v) is 4.09. The number of nitriles is 1. The van der Waals surface area contributed by atoms with Crippen molar-refractivity contribution in [1.29, 1.82) is 5.26 Å². The number of nitrogens with two attached hydrogens (primary N) is 1. The number of benzene rings is 2. The molecule has 1 aliphatic rings. The number of aryl methyl sites for hydroxylation is 1. The highest BCUT2D eigenvalue weighted by atomic mass is 35.5. The molecule has 9 nitrogen and oxygen atoms in total. The predicted molar refractivity (Wildman–Crippen MR) is 125 cm³/mol. The van der Waals surface area contributed by atoms with Crippen LogP contribution in [0, 0.1) is 18.3 Å². The summed E-state index contributed by atoms with van der Waals surface area (Å²) in [7, 11) is 0. The van der Waals surface area contributed by atoms with Crippen molar-refractivity contribution in [3.63, 3.8) is 0 Å². The van der Waals surface area contributed by atoms with Gasteiger partial charge in [0, 0.05) is 11.9 Å². The van der Waals surface area contributed by atoms with E-state index in [1.54, 1.807) is 15.6 Å². The van der Waals surface area contributed by atoms with Crippen LogP contribution in [-0.4, -0.2) is 39.7 Å². The van der Waals surface area contributed by atoms with Crippen LogP contribution in [0.25, 0.3) is 0 Å². The van der Waals surface area contributed by atoms with Crippen LogP contribution < -0.4 is 16.4 Å². The summed E-state index contributed by atoms with van der Waals surface area (Å²) in [6, 6.07) is 16.5. The van der Waals surface area contributed by atoms with Crippen LogP contribution in [0.15, 0.2) is 54.7 Å². The van der Waals surface area contributed by atoms with Crippen molar-refractivity contribution < 1.29 is 9.59 Å². The summed E-state index contributed by atoms with van der Waals surface area (Å²) in [5, 5.41) is 20.3. The number of hydrogen-bond donors (Lipinski definition) is 3. The summed E-state index contributed by atoms with van der Waals surface area (Å²) in [5.41, 5.74) is 7.12. The van der Waals surface area contributed by atoms with Crippen molar-refractivity contribution in [2.24, 2.45) is 5.73 Å². The lowest BCUT2D eigenvalue weighted by molar-refractivity contribution is 0.0401. The molecule has 4 N–H and O–H groups in total. The van der Waals surface area contributed by atoms with E-state index in [4.69, 9.17) is 17.3 Å². The number of anilines is 3. The molecule has 2 heterocycles. The Morgan fingerprint density at radius 1 is 1.21 bits per heavy atom. The maximum absolute atomic E-state index is 12.8. The first kappa shape index (κ1) is 22.2. The van der Waals surface area contributed by atoms with Gasteiger partial charge in [0.25, 0.3) is 5.91 Å². The van der Waals surface area contributed by atoms with E-state index in [-0.39, 0.29) is 31.1 Å². The number of carbonyl (C=O) groups is 2. The van der Waals surface area contributed by atoms with Gasteiger partial charge in [0.1, 0.15) is 11.1 Å². The van der Waals surface area contributed by atoms with Crippen molar-refractivity contribution in [2.45, 2.75) is 18.9 Å². The van der Waals surface area contributed by atoms with Crippen LogP contribution in [0.1, 0.15) is 22.3 Å². The van der Waals surface area contributed by atoms with Gasteiger partial charge in [-0.1, -0.05) is 41.9 Å². The van der Waals surface area contributed by atoms with Crippen molar-refractivity contribution in [1.82, 2.24) is 14.7 Å². The molecule has 168 valence electrons. The molecule has 10 heteroatoms. The number of nitrogens with zero attached hydrogens (tertiary/aromatic N) is 4. The van der Waals surface area contributed by atoms with E-state index in [0.717, 1.165) is 11.3 Å². The van der Waals surface area contributed by atoms with Gasteiger partial charge in [0.05, 0.1) is 36.3 Å². The fourth-order valence-electron chi connectivity index (χ4n) is 3.82. The highest BCUT2D eigenvalue weighted by molar-refractivity contribution is 6.33. The summed E-state index contributed by atoms with van der Waals surface area (Å²) in [5.74, 6) is -0.351. The second kappa shape index (κ2) is 8.84. The Hall–Kier alpha value is -4.03. The number of primary amides is 1. The average Bonchev–Trinajstić information content (AvgIpc) is 3.18. The largest absolute Gasteiger partial charge is 0.365 e. The minimum atomic E-state index is -0.775. The number of urea groups is 1. The number of nitrogens with one attached hydrogen (secondary N) is 2. The van der Waals surface area contributed by atoms with Gasteiger partial charge in [-0.2, -0.15) is 10.4 Å². The van der Waals surface area contributed by atoms with E-state index in [2.05, 4.69) is 21.8 Å². The number of para-hydroxylation sites is 2. The van der Waals surface area contributed by atoms with E-state index < -0.39 is 11.4 Å². The lowest BCUT2D eigenvalue weighted by Crippen LogP contribution is -2.65. The minimum absolute atomic E-state index is 0.104. The van der Waals surface area contributed by atoms with E-state index >= 15 is 0 Å². The van der Waals surface area contributed by atoms with Crippen molar-refractivity contribution >= 4 is 40.7 Å². The molecule has 0 saturated carbocycles. The molecule has 0 bridgehead atoms. The van der Waals surface area contributed by atoms with Crippen LogP contribution in [0.4, 0.5) is 22.0 Å². The second-order valence-corrected chi connectivity index (χ2v) is 8.38. The summed E-state index contributed by atoms with van der Waals surface area (Å²) < 4.78 is 1.56. The smallest absolute Gasteiger partial charge is 0.322 e. The molecule has 0 radical (unpaired) electrons. The Balaban J connectivity index is 1.56. The molecule has 0 unspecified atom stereocenters. The summed E-state index contributed by atoms with van der Waals surface area (Å²) in [6.07, 6.45) is 1.63. The maximum atomic E-state index is 12.8. The third-order valence-corrected chi connectivity index (χ3v) is 5.94. The molecule has 0 spiro atoms. The van der Waals surface area contributed by atoms with Crippen LogP contribution in [0.2, 0.25) is 5.02 Å². The summed E-state index contributed by atoms with van der Waals surface area (Å²) in [4.78, 5) is 26.4. The zero-order chi connectivity index (χ0) is 23.6. The lowest BCUT2D eigenvalue weighted by Gasteiger charge is -2.48. The highest BCUT2D eigenvalue weighted by Crippen LogP contribution is 2.35. The fraction of sp³-hybridized carbons (Fsp3) is 0.217. The van der Waals surface area contributed by atoms with Crippen molar-refractivity contribution in [2.75, 3.05) is 23.7 Å². The zero-order valence-corrected chi connectivity index (χ0v) is 18.6. The third-order valence-electron chi connectivity index (χ3n) is 5.62. The summed E-state index contributed by atoms with van der Waals surface area (Å²) >= 11 is 6.22. The standard InChI is InChI=1S/C23H22ClN7O2/c1-15-6-5-9-18(24)19(15)28-22(33)30-13-23(14-30,10-11-25)31-12-17(20(26)32)21(29-31)27-16-7-3-2-4-8-16/h2-9,12H,10,13-14H2,1H3,(H2,26,32)(H,27,29)(H,28,33). The highest BCUT2D eigenvalue weighted by Gasteiger charge is 2.48. The van der Waals surface area contributed by atoms with E-state index in [0.29, 0.717) is 16.5 Å². The molecule has 0 atom stereocenters. The first-order valence-corrected chi connectivity index (χ1v) is 10.6. The van der Waals surface area contributed by atoms with Gasteiger partial charge in [-0.15, -0.1) is 0 Å². The van der Waals surface area contributed by atoms with Crippen LogP contribution in [0.3, 0.4) is 0 Å². The second-order valence-electron chi connectivity index (χ2n) is 7.97. The number of hydrogen-bond acceptors (Lipinski definition) is 5. The number of carbonyl (C=O) groups excluding carboxylic acids is 2. The van der Waals surface area contributed by atoms with Gasteiger partial charge >= 0.3 is 6.03 Å². The zero-order valence-electron chi connectivity index (χ0n) is 17.9. The van der Waals surface area contributed by atoms with Gasteiger partial charge in [0.15, 0.2) is 5.82 Å². The number of aromatic nitrogens is 2. The van der Waals surface area contributed by atoms with E-state index in [9.17, 15) is 14.9 Å². The molecule has 3 amide bonds. The van der Waals surface area contributed by atoms with Crippen molar-refractivity contribution in [3.05, 3.63) is 70.9 Å². The molecule has 4 rings (SSSR count). The Kier molecular flexibility index (Phi) is 5.94. The van der Waals surface area contributed by atoms with Gasteiger partial charge in [-0.05, 0) is 30.7 Å². The first-order chi connectivity index (χ1) is 15.8. The Bertz CT molecular complexity index is 1220. The van der Waals surface area contributed by atoms with Gasteiger partial charge in [-0.25, -0.2) is 4.79 Å². The third kappa shape index (κ3) is 4.33. The Labute approximate surface area is 195 Å². The van der Waals surface area contributed by atoms with Gasteiger partial charge < -0.3 is 21.3 Å². The lowest BCUT2D eigenvalue weighted by atomic mass is 9.87. The maximum Gasteiger partial charge on any atom is 0.322 e. The van der Waals surface area contributed by atoms with Crippen LogP contribution in [0.5, 0.6) is 0 Å². The minimum Gasteiger partial charge on any atom is -0.365 e. The Morgan fingerprint density at radius 3 is 2.58 bits per heavy atom. The normalized spacial score (nSPS) is 14.2. The molecule has 2 aromatic carbocycles. The topological polar surface area (TPSA) is 129 Å². The number of halogens is 1. The van der Waals surface area contributed by atoms with Crippen LogP contribution >= 0.6 is 11.6 Å². The molecular formula is C23H22ClN7O2.